The minimum atomic E-state index is 0.396. The molecule has 0 spiro atoms. The molecule has 0 heterocycles. The summed E-state index contributed by atoms with van der Waals surface area (Å²) in [5.41, 5.74) is 0. The topological polar surface area (TPSA) is 12.0 Å². The average Bonchev–Trinajstić information content (AvgIpc) is 1.79. The molecule has 0 aromatic rings. The fraction of sp³-hybridized carbons (Fsp3) is 1.00. The molecule has 2 atom stereocenters. The number of hydrogen-bond donors (Lipinski definition) is 1. The van der Waals surface area contributed by atoms with Crippen LogP contribution in [0.2, 0.25) is 0 Å². The highest BCUT2D eigenvalue weighted by atomic mass is 35.5. The van der Waals surface area contributed by atoms with Crippen LogP contribution in [0.4, 0.5) is 0 Å². The summed E-state index contributed by atoms with van der Waals surface area (Å²) >= 11 is 5.90. The highest BCUT2D eigenvalue weighted by Crippen LogP contribution is 2.25. The number of rotatable bonds is 2. The molecule has 1 rings (SSSR count). The fourth-order valence-electron chi connectivity index (χ4n) is 1.08. The molecule has 0 amide bonds. The van der Waals surface area contributed by atoms with Crippen molar-refractivity contribution in [1.29, 1.82) is 0 Å². The molecule has 54 valence electrons. The molecular formula is C7H14ClN. The van der Waals surface area contributed by atoms with Gasteiger partial charge in [-0.2, -0.15) is 0 Å². The summed E-state index contributed by atoms with van der Waals surface area (Å²) in [5, 5.41) is 3.79. The van der Waals surface area contributed by atoms with Crippen LogP contribution in [0, 0.1) is 0 Å². The van der Waals surface area contributed by atoms with Crippen LogP contribution in [0.3, 0.4) is 0 Å². The molecule has 2 unspecified atom stereocenters. The van der Waals surface area contributed by atoms with Gasteiger partial charge in [-0.3, -0.25) is 0 Å². The highest BCUT2D eigenvalue weighted by molar-refractivity contribution is 6.21. The zero-order valence-electron chi connectivity index (χ0n) is 6.02. The Bertz CT molecular complexity index is 92.9. The van der Waals surface area contributed by atoms with Gasteiger partial charge in [-0.1, -0.05) is 13.8 Å². The first-order valence-corrected chi connectivity index (χ1v) is 4.04. The summed E-state index contributed by atoms with van der Waals surface area (Å²) < 4.78 is 0. The number of nitrogens with one attached hydrogen (secondary N) is 1. The predicted molar refractivity (Wildman–Crippen MR) is 40.9 cm³/mol. The van der Waals surface area contributed by atoms with Gasteiger partial charge >= 0.3 is 0 Å². The molecular weight excluding hydrogens is 134 g/mol. The van der Waals surface area contributed by atoms with Gasteiger partial charge in [-0.25, -0.2) is 0 Å². The lowest BCUT2D eigenvalue weighted by Crippen LogP contribution is -2.47. The second-order valence-electron chi connectivity index (χ2n) is 3.02. The van der Waals surface area contributed by atoms with E-state index in [1.807, 2.05) is 0 Å². The van der Waals surface area contributed by atoms with Crippen molar-refractivity contribution in [3.05, 3.63) is 0 Å². The maximum absolute atomic E-state index is 5.90. The van der Waals surface area contributed by atoms with E-state index in [0.717, 1.165) is 0 Å². The highest BCUT2D eigenvalue weighted by Gasteiger charge is 2.28. The van der Waals surface area contributed by atoms with E-state index in [4.69, 9.17) is 11.6 Å². The molecule has 1 nitrogen and oxygen atoms in total. The molecule has 0 aromatic heterocycles. The molecule has 1 aliphatic rings. The summed E-state index contributed by atoms with van der Waals surface area (Å²) in [6.07, 6.45) is 2.44. The third kappa shape index (κ3) is 1.84. The lowest BCUT2D eigenvalue weighted by atomic mass is 9.92. The monoisotopic (exact) mass is 147 g/mol. The first-order valence-electron chi connectivity index (χ1n) is 3.60. The van der Waals surface area contributed by atoms with Crippen LogP contribution in [0.1, 0.15) is 26.7 Å². The Balaban J connectivity index is 2.13. The van der Waals surface area contributed by atoms with Gasteiger partial charge in [0.1, 0.15) is 0 Å². The summed E-state index contributed by atoms with van der Waals surface area (Å²) in [4.78, 5) is 0. The van der Waals surface area contributed by atoms with Crippen molar-refractivity contribution in [3.8, 4) is 0 Å². The minimum absolute atomic E-state index is 0.396. The van der Waals surface area contributed by atoms with E-state index in [9.17, 15) is 0 Å². The molecule has 0 bridgehead atoms. The van der Waals surface area contributed by atoms with E-state index in [1.165, 1.54) is 12.8 Å². The van der Waals surface area contributed by atoms with Crippen molar-refractivity contribution < 1.29 is 0 Å². The van der Waals surface area contributed by atoms with E-state index in [1.54, 1.807) is 0 Å². The van der Waals surface area contributed by atoms with Crippen LogP contribution >= 0.6 is 11.6 Å². The maximum atomic E-state index is 5.90. The normalized spacial score (nSPS) is 34.7. The Morgan fingerprint density at radius 3 is 2.22 bits per heavy atom. The summed E-state index contributed by atoms with van der Waals surface area (Å²) in [7, 11) is 0. The molecule has 0 aromatic carbocycles. The minimum Gasteiger partial charge on any atom is -0.310 e. The summed E-state index contributed by atoms with van der Waals surface area (Å²) in [6.45, 7) is 4.31. The molecule has 1 fully saturated rings. The molecule has 0 radical (unpaired) electrons. The third-order valence-corrected chi connectivity index (χ3v) is 2.26. The zero-order chi connectivity index (χ0) is 6.85. The molecule has 0 aliphatic heterocycles. The number of alkyl halides is 1. The quantitative estimate of drug-likeness (QED) is 0.587. The second kappa shape index (κ2) is 2.89. The Labute approximate surface area is 61.8 Å². The first-order chi connectivity index (χ1) is 4.20. The van der Waals surface area contributed by atoms with Crippen molar-refractivity contribution in [2.45, 2.75) is 44.1 Å². The largest absolute Gasteiger partial charge is 0.310 e. The van der Waals surface area contributed by atoms with E-state index >= 15 is 0 Å². The van der Waals surface area contributed by atoms with Crippen LogP contribution < -0.4 is 5.32 Å². The lowest BCUT2D eigenvalue weighted by molar-refractivity contribution is 0.325. The molecule has 0 saturated heterocycles. The Kier molecular flexibility index (Phi) is 2.36. The van der Waals surface area contributed by atoms with Crippen LogP contribution in [0.25, 0.3) is 0 Å². The Morgan fingerprint density at radius 1 is 1.44 bits per heavy atom. The van der Waals surface area contributed by atoms with Crippen molar-refractivity contribution >= 4 is 11.6 Å². The van der Waals surface area contributed by atoms with Crippen molar-refractivity contribution in [3.63, 3.8) is 0 Å². The summed E-state index contributed by atoms with van der Waals surface area (Å²) in [5.74, 6) is 0. The van der Waals surface area contributed by atoms with Gasteiger partial charge in [-0.15, -0.1) is 11.6 Å². The van der Waals surface area contributed by atoms with Crippen molar-refractivity contribution in [2.75, 3.05) is 0 Å². The van der Waals surface area contributed by atoms with E-state index in [-0.39, 0.29) is 0 Å². The van der Waals surface area contributed by atoms with Gasteiger partial charge in [0.2, 0.25) is 0 Å². The third-order valence-electron chi connectivity index (χ3n) is 1.74. The van der Waals surface area contributed by atoms with Gasteiger partial charge in [-0.05, 0) is 12.8 Å². The molecule has 2 heteroatoms. The second-order valence-corrected chi connectivity index (χ2v) is 3.58. The van der Waals surface area contributed by atoms with Crippen LogP contribution in [0.15, 0.2) is 0 Å². The van der Waals surface area contributed by atoms with Gasteiger partial charge in [0, 0.05) is 17.5 Å². The van der Waals surface area contributed by atoms with E-state index in [2.05, 4.69) is 19.2 Å². The predicted octanol–water partition coefficient (Wildman–Crippen LogP) is 1.75. The van der Waals surface area contributed by atoms with Crippen LogP contribution in [0.5, 0.6) is 0 Å². The van der Waals surface area contributed by atoms with Gasteiger partial charge in [0.05, 0.1) is 0 Å². The smallest absolute Gasteiger partial charge is 0.0490 e. The zero-order valence-corrected chi connectivity index (χ0v) is 6.78. The first kappa shape index (κ1) is 7.36. The lowest BCUT2D eigenvalue weighted by Gasteiger charge is -2.34. The molecule has 1 N–H and O–H groups in total. The van der Waals surface area contributed by atoms with Crippen LogP contribution in [-0.2, 0) is 0 Å². The average molecular weight is 148 g/mol. The number of hydrogen-bond acceptors (Lipinski definition) is 1. The van der Waals surface area contributed by atoms with Crippen LogP contribution in [-0.4, -0.2) is 17.5 Å². The molecule has 9 heavy (non-hydrogen) atoms. The molecule has 1 saturated carbocycles. The van der Waals surface area contributed by atoms with Gasteiger partial charge < -0.3 is 5.32 Å². The van der Waals surface area contributed by atoms with Crippen molar-refractivity contribution in [1.82, 2.24) is 5.32 Å². The van der Waals surface area contributed by atoms with E-state index < -0.39 is 0 Å². The Morgan fingerprint density at radius 2 is 2.11 bits per heavy atom. The Hall–Kier alpha value is 0.250. The number of halogens is 1. The van der Waals surface area contributed by atoms with Gasteiger partial charge in [0.25, 0.3) is 0 Å². The van der Waals surface area contributed by atoms with Gasteiger partial charge in [0.15, 0.2) is 0 Å². The fourth-order valence-corrected chi connectivity index (χ4v) is 1.40. The maximum Gasteiger partial charge on any atom is 0.0490 e. The molecule has 1 aliphatic carbocycles. The summed E-state index contributed by atoms with van der Waals surface area (Å²) in [6, 6.07) is 1.17. The standard InChI is InChI=1S/C7H14ClN/c1-5(2)9-7-4-3-6(7)8/h5-7,9H,3-4H2,1-2H3. The van der Waals surface area contributed by atoms with Crippen molar-refractivity contribution in [2.24, 2.45) is 0 Å². The SMILES string of the molecule is CC(C)NC1CCC1Cl. The van der Waals surface area contributed by atoms with E-state index in [0.29, 0.717) is 17.5 Å².